The summed E-state index contributed by atoms with van der Waals surface area (Å²) in [6.45, 7) is 5.91. The maximum absolute atomic E-state index is 4.50. The van der Waals surface area contributed by atoms with E-state index in [1.54, 1.807) is 0 Å². The molecule has 0 radical (unpaired) electrons. The van der Waals surface area contributed by atoms with E-state index in [1.165, 1.54) is 11.1 Å². The fourth-order valence-corrected chi connectivity index (χ4v) is 2.01. The molecule has 0 saturated heterocycles. The zero-order valence-electron chi connectivity index (χ0n) is 12.0. The molecular weight excluding hydrogens is 242 g/mol. The quantitative estimate of drug-likeness (QED) is 0.507. The van der Waals surface area contributed by atoms with Gasteiger partial charge in [0.1, 0.15) is 0 Å². The Hall–Kier alpha value is -2.15. The average Bonchev–Trinajstić information content (AvgIpc) is 2.52. The van der Waals surface area contributed by atoms with Gasteiger partial charge >= 0.3 is 0 Å². The number of rotatable bonds is 6. The van der Waals surface area contributed by atoms with Crippen LogP contribution >= 0.6 is 0 Å². The highest BCUT2D eigenvalue weighted by Gasteiger charge is 1.93. The maximum atomic E-state index is 4.50. The van der Waals surface area contributed by atoms with Gasteiger partial charge in [0.25, 0.3) is 0 Å². The molecule has 0 unspecified atom stereocenters. The van der Waals surface area contributed by atoms with Gasteiger partial charge in [-0.15, -0.1) is 6.58 Å². The van der Waals surface area contributed by atoms with Gasteiger partial charge in [0.15, 0.2) is 0 Å². The summed E-state index contributed by atoms with van der Waals surface area (Å²) in [7, 11) is 0. The molecule has 0 heterocycles. The number of hydrogen-bond donors (Lipinski definition) is 0. The summed E-state index contributed by atoms with van der Waals surface area (Å²) in [5, 5.41) is 0. The highest BCUT2D eigenvalue weighted by Crippen LogP contribution is 2.14. The van der Waals surface area contributed by atoms with Crippen LogP contribution in [0.4, 0.5) is 5.69 Å². The van der Waals surface area contributed by atoms with Gasteiger partial charge in [-0.25, -0.2) is 0 Å². The highest BCUT2D eigenvalue weighted by atomic mass is 14.7. The van der Waals surface area contributed by atoms with Gasteiger partial charge in [0, 0.05) is 6.21 Å². The molecule has 0 bridgehead atoms. The first-order valence-electron chi connectivity index (χ1n) is 7.14. The monoisotopic (exact) mass is 263 g/mol. The van der Waals surface area contributed by atoms with Gasteiger partial charge in [0.05, 0.1) is 5.69 Å². The molecule has 0 aromatic heterocycles. The van der Waals surface area contributed by atoms with E-state index in [1.807, 2.05) is 12.3 Å². The number of nitrogens with zero attached hydrogens (tertiary/aromatic N) is 1. The van der Waals surface area contributed by atoms with Gasteiger partial charge in [-0.3, -0.25) is 4.99 Å². The second-order valence-corrected chi connectivity index (χ2v) is 4.85. The molecule has 102 valence electrons. The third-order valence-electron chi connectivity index (χ3n) is 3.32. The fraction of sp³-hybridized carbons (Fsp3) is 0.211. The molecule has 0 N–H and O–H groups in total. The van der Waals surface area contributed by atoms with Crippen molar-refractivity contribution in [2.45, 2.75) is 26.2 Å². The van der Waals surface area contributed by atoms with Gasteiger partial charge in [0.2, 0.25) is 0 Å². The van der Waals surface area contributed by atoms with Crippen LogP contribution in [0.15, 0.2) is 66.2 Å². The van der Waals surface area contributed by atoms with E-state index in [2.05, 4.69) is 67.0 Å². The lowest BCUT2D eigenvalue weighted by Crippen LogP contribution is -1.85. The van der Waals surface area contributed by atoms with Crippen molar-refractivity contribution >= 4 is 11.9 Å². The Morgan fingerprint density at radius 2 is 1.60 bits per heavy atom. The van der Waals surface area contributed by atoms with Crippen LogP contribution in [0.5, 0.6) is 0 Å². The van der Waals surface area contributed by atoms with Crippen LogP contribution in [0.25, 0.3) is 0 Å². The Balaban J connectivity index is 2.01. The minimum Gasteiger partial charge on any atom is -0.256 e. The van der Waals surface area contributed by atoms with E-state index >= 15 is 0 Å². The zero-order valence-corrected chi connectivity index (χ0v) is 12.0. The minimum atomic E-state index is 0.998. The Morgan fingerprint density at radius 3 is 2.20 bits per heavy atom. The van der Waals surface area contributed by atoms with Crippen LogP contribution < -0.4 is 0 Å². The van der Waals surface area contributed by atoms with E-state index in [-0.39, 0.29) is 0 Å². The van der Waals surface area contributed by atoms with Crippen LogP contribution in [0, 0.1) is 0 Å². The summed E-state index contributed by atoms with van der Waals surface area (Å²) in [6.07, 6.45) is 7.01. The van der Waals surface area contributed by atoms with Crippen molar-refractivity contribution < 1.29 is 0 Å². The molecule has 0 spiro atoms. The first-order chi connectivity index (χ1) is 9.81. The van der Waals surface area contributed by atoms with Crippen LogP contribution in [0.1, 0.15) is 30.0 Å². The van der Waals surface area contributed by atoms with Crippen LogP contribution in [0.3, 0.4) is 0 Å². The van der Waals surface area contributed by atoms with Gasteiger partial charge in [-0.1, -0.05) is 49.4 Å². The highest BCUT2D eigenvalue weighted by molar-refractivity contribution is 5.81. The Bertz CT molecular complexity index is 562. The van der Waals surface area contributed by atoms with E-state index < -0.39 is 0 Å². The number of hydrogen-bond acceptors (Lipinski definition) is 1. The van der Waals surface area contributed by atoms with Crippen molar-refractivity contribution in [2.24, 2.45) is 4.99 Å². The molecule has 0 saturated carbocycles. The van der Waals surface area contributed by atoms with Crippen LogP contribution in [0.2, 0.25) is 0 Å². The van der Waals surface area contributed by atoms with Crippen molar-refractivity contribution in [3.63, 3.8) is 0 Å². The standard InChI is InChI=1S/C19H21N/c1-3-5-6-17-7-9-18(10-8-17)15-20-19-13-11-16(4-2)12-14-19/h3,7-15H,1,4-6H2,2H3. The molecule has 2 aromatic carbocycles. The third-order valence-corrected chi connectivity index (χ3v) is 3.32. The van der Waals surface area contributed by atoms with E-state index in [0.29, 0.717) is 0 Å². The molecule has 2 rings (SSSR count). The molecule has 0 atom stereocenters. The summed E-state index contributed by atoms with van der Waals surface area (Å²) >= 11 is 0. The third kappa shape index (κ3) is 4.20. The fourth-order valence-electron chi connectivity index (χ4n) is 2.01. The number of aryl methyl sites for hydroxylation is 2. The number of benzene rings is 2. The van der Waals surface area contributed by atoms with Crippen LogP contribution in [-0.4, -0.2) is 6.21 Å². The van der Waals surface area contributed by atoms with Crippen molar-refractivity contribution in [1.29, 1.82) is 0 Å². The van der Waals surface area contributed by atoms with Gasteiger partial charge in [-0.2, -0.15) is 0 Å². The Labute approximate surface area is 121 Å². The molecule has 1 nitrogen and oxygen atoms in total. The first kappa shape index (κ1) is 14.3. The molecule has 0 aliphatic rings. The summed E-state index contributed by atoms with van der Waals surface area (Å²) in [5.41, 5.74) is 4.81. The largest absolute Gasteiger partial charge is 0.256 e. The predicted octanol–water partition coefficient (Wildman–Crippen LogP) is 5.12. The SMILES string of the molecule is C=CCCc1ccc(C=Nc2ccc(CC)cc2)cc1. The summed E-state index contributed by atoms with van der Waals surface area (Å²) in [4.78, 5) is 4.50. The summed E-state index contributed by atoms with van der Waals surface area (Å²) < 4.78 is 0. The smallest absolute Gasteiger partial charge is 0.0630 e. The van der Waals surface area contributed by atoms with E-state index in [4.69, 9.17) is 0 Å². The molecule has 20 heavy (non-hydrogen) atoms. The summed E-state index contributed by atoms with van der Waals surface area (Å²) in [6, 6.07) is 16.9. The van der Waals surface area contributed by atoms with Crippen molar-refractivity contribution in [2.75, 3.05) is 0 Å². The topological polar surface area (TPSA) is 12.4 Å². The number of aliphatic imine (C=N–C) groups is 1. The van der Waals surface area contributed by atoms with E-state index in [9.17, 15) is 0 Å². The van der Waals surface area contributed by atoms with Crippen molar-refractivity contribution in [3.05, 3.63) is 77.9 Å². The summed E-state index contributed by atoms with van der Waals surface area (Å²) in [5.74, 6) is 0. The van der Waals surface area contributed by atoms with E-state index in [0.717, 1.165) is 30.5 Å². The molecule has 0 aliphatic carbocycles. The molecular formula is C19H21N. The molecule has 0 fully saturated rings. The second kappa shape index (κ2) is 7.44. The average molecular weight is 263 g/mol. The molecule has 2 aromatic rings. The number of allylic oxidation sites excluding steroid dienone is 1. The van der Waals surface area contributed by atoms with Gasteiger partial charge < -0.3 is 0 Å². The lowest BCUT2D eigenvalue weighted by molar-refractivity contribution is 1.00. The normalized spacial score (nSPS) is 10.8. The zero-order chi connectivity index (χ0) is 14.2. The van der Waals surface area contributed by atoms with Crippen molar-refractivity contribution in [3.8, 4) is 0 Å². The maximum Gasteiger partial charge on any atom is 0.0630 e. The van der Waals surface area contributed by atoms with Crippen LogP contribution in [-0.2, 0) is 12.8 Å². The predicted molar refractivity (Wildman–Crippen MR) is 88.0 cm³/mol. The van der Waals surface area contributed by atoms with Crippen molar-refractivity contribution in [1.82, 2.24) is 0 Å². The first-order valence-corrected chi connectivity index (χ1v) is 7.14. The Morgan fingerprint density at radius 1 is 0.950 bits per heavy atom. The molecule has 0 aliphatic heterocycles. The van der Waals surface area contributed by atoms with Gasteiger partial charge in [-0.05, 0) is 48.1 Å². The lowest BCUT2D eigenvalue weighted by atomic mass is 10.1. The molecule has 1 heteroatoms. The molecule has 0 amide bonds. The lowest BCUT2D eigenvalue weighted by Gasteiger charge is -2.00. The second-order valence-electron chi connectivity index (χ2n) is 4.85. The minimum absolute atomic E-state index is 0.998. The Kier molecular flexibility index (Phi) is 5.31.